The summed E-state index contributed by atoms with van der Waals surface area (Å²) < 4.78 is 14.5. The van der Waals surface area contributed by atoms with Crippen LogP contribution in [0.3, 0.4) is 0 Å². The summed E-state index contributed by atoms with van der Waals surface area (Å²) in [6.07, 6.45) is 3.55. The Kier molecular flexibility index (Phi) is 4.46. The Morgan fingerprint density at radius 2 is 2.00 bits per heavy atom. The van der Waals surface area contributed by atoms with Gasteiger partial charge < -0.3 is 5.73 Å². The molecule has 0 aliphatic heterocycles. The van der Waals surface area contributed by atoms with E-state index >= 15 is 0 Å². The van der Waals surface area contributed by atoms with Crippen LogP contribution in [0.1, 0.15) is 11.6 Å². The maximum Gasteiger partial charge on any atom is 0.123 e. The summed E-state index contributed by atoms with van der Waals surface area (Å²) in [5.74, 6) is -0.241. The van der Waals surface area contributed by atoms with Crippen LogP contribution in [-0.4, -0.2) is 16.3 Å². The first-order valence-electron chi connectivity index (χ1n) is 4.76. The molecule has 16 heavy (non-hydrogen) atoms. The van der Waals surface area contributed by atoms with Crippen molar-refractivity contribution in [2.45, 2.75) is 6.04 Å². The number of rotatable bonds is 3. The monoisotopic (exact) mass is 241 g/mol. The zero-order valence-corrected chi connectivity index (χ0v) is 9.40. The van der Waals surface area contributed by atoms with Crippen molar-refractivity contribution in [1.82, 2.24) is 9.78 Å². The second-order valence-electron chi connectivity index (χ2n) is 3.29. The molecule has 0 amide bonds. The molecule has 1 atom stereocenters. The quantitative estimate of drug-likeness (QED) is 0.893. The minimum absolute atomic E-state index is 0. The molecular formula is C11H13ClFN3. The molecule has 0 aliphatic carbocycles. The Morgan fingerprint density at radius 3 is 2.50 bits per heavy atom. The van der Waals surface area contributed by atoms with Crippen LogP contribution >= 0.6 is 12.4 Å². The van der Waals surface area contributed by atoms with Crippen LogP contribution in [0.5, 0.6) is 0 Å². The van der Waals surface area contributed by atoms with E-state index in [0.717, 1.165) is 5.56 Å². The van der Waals surface area contributed by atoms with E-state index in [1.54, 1.807) is 23.0 Å². The van der Waals surface area contributed by atoms with Crippen LogP contribution < -0.4 is 5.73 Å². The van der Waals surface area contributed by atoms with Gasteiger partial charge in [-0.15, -0.1) is 12.4 Å². The molecule has 2 aromatic rings. The third-order valence-corrected chi connectivity index (χ3v) is 2.32. The molecule has 1 aromatic carbocycles. The molecule has 0 radical (unpaired) electrons. The van der Waals surface area contributed by atoms with Crippen molar-refractivity contribution >= 4 is 12.4 Å². The molecule has 86 valence electrons. The van der Waals surface area contributed by atoms with E-state index in [9.17, 15) is 4.39 Å². The van der Waals surface area contributed by atoms with E-state index in [0.29, 0.717) is 6.54 Å². The van der Waals surface area contributed by atoms with Gasteiger partial charge in [-0.25, -0.2) is 4.39 Å². The third-order valence-electron chi connectivity index (χ3n) is 2.32. The van der Waals surface area contributed by atoms with Gasteiger partial charge in [-0.2, -0.15) is 5.10 Å². The molecule has 0 aliphatic rings. The molecule has 0 fully saturated rings. The Morgan fingerprint density at radius 1 is 1.31 bits per heavy atom. The van der Waals surface area contributed by atoms with Crippen molar-refractivity contribution in [1.29, 1.82) is 0 Å². The van der Waals surface area contributed by atoms with Gasteiger partial charge in [-0.05, 0) is 23.8 Å². The maximum absolute atomic E-state index is 12.7. The Hall–Kier alpha value is -1.39. The van der Waals surface area contributed by atoms with Crippen molar-refractivity contribution in [2.75, 3.05) is 6.54 Å². The van der Waals surface area contributed by atoms with Gasteiger partial charge in [-0.3, -0.25) is 4.68 Å². The maximum atomic E-state index is 12.7. The molecule has 1 heterocycles. The van der Waals surface area contributed by atoms with Gasteiger partial charge in [0.15, 0.2) is 0 Å². The van der Waals surface area contributed by atoms with Gasteiger partial charge in [0, 0.05) is 18.9 Å². The van der Waals surface area contributed by atoms with Crippen LogP contribution in [0, 0.1) is 5.82 Å². The lowest BCUT2D eigenvalue weighted by molar-refractivity contribution is 0.530. The highest BCUT2D eigenvalue weighted by molar-refractivity contribution is 5.85. The van der Waals surface area contributed by atoms with Crippen molar-refractivity contribution < 1.29 is 4.39 Å². The summed E-state index contributed by atoms with van der Waals surface area (Å²) >= 11 is 0. The molecule has 0 saturated carbocycles. The molecule has 2 rings (SSSR count). The Balaban J connectivity index is 0.00000128. The first-order valence-corrected chi connectivity index (χ1v) is 4.76. The predicted molar refractivity (Wildman–Crippen MR) is 63.1 cm³/mol. The highest BCUT2D eigenvalue weighted by Gasteiger charge is 2.11. The smallest absolute Gasteiger partial charge is 0.123 e. The summed E-state index contributed by atoms with van der Waals surface area (Å²) in [5, 5.41) is 4.13. The number of nitrogens with two attached hydrogens (primary N) is 1. The molecule has 3 nitrogen and oxygen atoms in total. The highest BCUT2D eigenvalue weighted by Crippen LogP contribution is 2.16. The lowest BCUT2D eigenvalue weighted by Crippen LogP contribution is -2.20. The summed E-state index contributed by atoms with van der Waals surface area (Å²) in [6.45, 7) is 0.438. The fourth-order valence-electron chi connectivity index (χ4n) is 1.55. The Labute approximate surface area is 99.5 Å². The summed E-state index contributed by atoms with van der Waals surface area (Å²) in [7, 11) is 0. The number of halogens is 2. The van der Waals surface area contributed by atoms with Gasteiger partial charge in [0.05, 0.1) is 6.04 Å². The third kappa shape index (κ3) is 2.59. The van der Waals surface area contributed by atoms with E-state index < -0.39 is 0 Å². The van der Waals surface area contributed by atoms with E-state index in [1.807, 2.05) is 12.3 Å². The van der Waals surface area contributed by atoms with Gasteiger partial charge in [-0.1, -0.05) is 12.1 Å². The second-order valence-corrected chi connectivity index (χ2v) is 3.29. The molecule has 2 N–H and O–H groups in total. The van der Waals surface area contributed by atoms with Crippen LogP contribution in [-0.2, 0) is 0 Å². The summed E-state index contributed by atoms with van der Waals surface area (Å²) in [4.78, 5) is 0. The molecule has 1 unspecified atom stereocenters. The van der Waals surface area contributed by atoms with Crippen LogP contribution in [0.4, 0.5) is 4.39 Å². The van der Waals surface area contributed by atoms with Crippen LogP contribution in [0.2, 0.25) is 0 Å². The summed E-state index contributed by atoms with van der Waals surface area (Å²) in [6, 6.07) is 8.14. The van der Waals surface area contributed by atoms with Crippen molar-refractivity contribution in [2.24, 2.45) is 5.73 Å². The van der Waals surface area contributed by atoms with Gasteiger partial charge in [0.2, 0.25) is 0 Å². The topological polar surface area (TPSA) is 43.8 Å². The minimum Gasteiger partial charge on any atom is -0.328 e. The molecular weight excluding hydrogens is 229 g/mol. The van der Waals surface area contributed by atoms with Crippen molar-refractivity contribution in [3.05, 3.63) is 54.1 Å². The Bertz CT molecular complexity index is 413. The average molecular weight is 242 g/mol. The van der Waals surface area contributed by atoms with E-state index in [1.165, 1.54) is 12.1 Å². The largest absolute Gasteiger partial charge is 0.328 e. The predicted octanol–water partition coefficient (Wildman–Crippen LogP) is 1.99. The number of nitrogens with zero attached hydrogens (tertiary/aromatic N) is 2. The molecule has 0 saturated heterocycles. The van der Waals surface area contributed by atoms with Crippen molar-refractivity contribution in [3.8, 4) is 0 Å². The zero-order chi connectivity index (χ0) is 10.7. The lowest BCUT2D eigenvalue weighted by atomic mass is 10.1. The van der Waals surface area contributed by atoms with E-state index in [-0.39, 0.29) is 24.3 Å². The lowest BCUT2D eigenvalue weighted by Gasteiger charge is -2.15. The standard InChI is InChI=1S/C11H12FN3.ClH/c12-10-4-2-9(3-5-10)11(8-13)15-7-1-6-14-15;/h1-7,11H,8,13H2;1H. The summed E-state index contributed by atoms with van der Waals surface area (Å²) in [5.41, 5.74) is 6.64. The van der Waals surface area contributed by atoms with Gasteiger partial charge >= 0.3 is 0 Å². The number of hydrogen-bond acceptors (Lipinski definition) is 2. The first-order chi connectivity index (χ1) is 7.31. The van der Waals surface area contributed by atoms with Gasteiger partial charge in [0.1, 0.15) is 5.82 Å². The van der Waals surface area contributed by atoms with Crippen LogP contribution in [0.25, 0.3) is 0 Å². The molecule has 0 spiro atoms. The van der Waals surface area contributed by atoms with E-state index in [2.05, 4.69) is 5.10 Å². The van der Waals surface area contributed by atoms with E-state index in [4.69, 9.17) is 5.73 Å². The molecule has 1 aromatic heterocycles. The minimum atomic E-state index is -0.241. The molecule has 0 bridgehead atoms. The number of benzene rings is 1. The zero-order valence-electron chi connectivity index (χ0n) is 8.58. The van der Waals surface area contributed by atoms with Crippen molar-refractivity contribution in [3.63, 3.8) is 0 Å². The average Bonchev–Trinajstić information content (AvgIpc) is 2.75. The normalized spacial score (nSPS) is 11.9. The number of aromatic nitrogens is 2. The van der Waals surface area contributed by atoms with Gasteiger partial charge in [0.25, 0.3) is 0 Å². The number of hydrogen-bond donors (Lipinski definition) is 1. The highest BCUT2D eigenvalue weighted by atomic mass is 35.5. The van der Waals surface area contributed by atoms with Crippen LogP contribution in [0.15, 0.2) is 42.7 Å². The molecule has 5 heteroatoms. The fraction of sp³-hybridized carbons (Fsp3) is 0.182. The SMILES string of the molecule is Cl.NCC(c1ccc(F)cc1)n1cccn1. The fourth-order valence-corrected chi connectivity index (χ4v) is 1.55. The second kappa shape index (κ2) is 5.63. The first kappa shape index (κ1) is 12.7.